The molecule has 0 bridgehead atoms. The van der Waals surface area contributed by atoms with Gasteiger partial charge in [-0.15, -0.1) is 11.8 Å². The number of methoxy groups -OCH3 is 1. The average Bonchev–Trinajstić information content (AvgIpc) is 2.75. The van der Waals surface area contributed by atoms with E-state index in [-0.39, 0.29) is 17.6 Å². The molecule has 2 amide bonds. The lowest BCUT2D eigenvalue weighted by Crippen LogP contribution is -2.49. The van der Waals surface area contributed by atoms with E-state index in [0.29, 0.717) is 18.8 Å². The standard InChI is InChI=1S/C22H27N3O3S/c1-17-7-9-18(10-8-17)23-21(26)15-29-16-22(27)25-13-11-24(12-14-25)19-5-3-4-6-20(19)28-2/h3-10H,11-16H2,1-2H3,(H,23,26). The second-order valence-corrected chi connectivity index (χ2v) is 7.93. The summed E-state index contributed by atoms with van der Waals surface area (Å²) in [5.74, 6) is 1.42. The number of hydrogen-bond donors (Lipinski definition) is 1. The van der Waals surface area contributed by atoms with Crippen LogP contribution in [0.2, 0.25) is 0 Å². The average molecular weight is 414 g/mol. The van der Waals surface area contributed by atoms with Crippen LogP contribution in [0.15, 0.2) is 48.5 Å². The zero-order chi connectivity index (χ0) is 20.6. The highest BCUT2D eigenvalue weighted by Crippen LogP contribution is 2.28. The third kappa shape index (κ3) is 5.90. The number of carbonyl (C=O) groups excluding carboxylic acids is 2. The van der Waals surface area contributed by atoms with Crippen LogP contribution >= 0.6 is 11.8 Å². The second kappa shape index (κ2) is 10.2. The van der Waals surface area contributed by atoms with E-state index in [1.165, 1.54) is 11.8 Å². The van der Waals surface area contributed by atoms with Gasteiger partial charge >= 0.3 is 0 Å². The van der Waals surface area contributed by atoms with Crippen LogP contribution < -0.4 is 15.0 Å². The van der Waals surface area contributed by atoms with Gasteiger partial charge in [-0.2, -0.15) is 0 Å². The van der Waals surface area contributed by atoms with Crippen LogP contribution in [-0.2, 0) is 9.59 Å². The fraction of sp³-hybridized carbons (Fsp3) is 0.364. The molecule has 0 saturated carbocycles. The van der Waals surface area contributed by atoms with Crippen LogP contribution in [-0.4, -0.2) is 61.5 Å². The maximum atomic E-state index is 12.5. The summed E-state index contributed by atoms with van der Waals surface area (Å²) in [5.41, 5.74) is 2.98. The number of amides is 2. The molecule has 1 N–H and O–H groups in total. The number of rotatable bonds is 7. The first kappa shape index (κ1) is 21.0. The molecule has 29 heavy (non-hydrogen) atoms. The molecule has 1 fully saturated rings. The van der Waals surface area contributed by atoms with Gasteiger partial charge in [0.1, 0.15) is 5.75 Å². The van der Waals surface area contributed by atoms with Gasteiger partial charge in [0.25, 0.3) is 0 Å². The highest BCUT2D eigenvalue weighted by molar-refractivity contribution is 8.00. The number of benzene rings is 2. The van der Waals surface area contributed by atoms with E-state index in [9.17, 15) is 9.59 Å². The van der Waals surface area contributed by atoms with Gasteiger partial charge in [0, 0.05) is 31.9 Å². The fourth-order valence-electron chi connectivity index (χ4n) is 3.24. The van der Waals surface area contributed by atoms with E-state index in [1.807, 2.05) is 60.4 Å². The number of anilines is 2. The molecular weight excluding hydrogens is 386 g/mol. The summed E-state index contributed by atoms with van der Waals surface area (Å²) in [4.78, 5) is 28.6. The Balaban J connectivity index is 1.39. The molecule has 1 aliphatic heterocycles. The Hall–Kier alpha value is -2.67. The predicted octanol–water partition coefficient (Wildman–Crippen LogP) is 3.02. The molecule has 1 heterocycles. The Morgan fingerprint density at radius 1 is 1.00 bits per heavy atom. The molecule has 0 radical (unpaired) electrons. The zero-order valence-corrected chi connectivity index (χ0v) is 17.7. The van der Waals surface area contributed by atoms with Crippen molar-refractivity contribution in [2.75, 3.05) is 55.0 Å². The number of carbonyl (C=O) groups is 2. The molecule has 7 heteroatoms. The smallest absolute Gasteiger partial charge is 0.234 e. The highest BCUT2D eigenvalue weighted by Gasteiger charge is 2.22. The van der Waals surface area contributed by atoms with Crippen molar-refractivity contribution >= 4 is 35.0 Å². The molecule has 1 saturated heterocycles. The Bertz CT molecular complexity index is 833. The van der Waals surface area contributed by atoms with Crippen molar-refractivity contribution in [3.63, 3.8) is 0 Å². The van der Waals surface area contributed by atoms with Gasteiger partial charge < -0.3 is 19.9 Å². The molecule has 0 unspecified atom stereocenters. The molecule has 154 valence electrons. The number of aryl methyl sites for hydroxylation is 1. The summed E-state index contributed by atoms with van der Waals surface area (Å²) >= 11 is 1.35. The molecule has 2 aromatic carbocycles. The van der Waals surface area contributed by atoms with Crippen LogP contribution in [0.5, 0.6) is 5.75 Å². The molecule has 0 aliphatic carbocycles. The van der Waals surface area contributed by atoms with Crippen molar-refractivity contribution in [1.29, 1.82) is 0 Å². The Labute approximate surface area is 176 Å². The summed E-state index contributed by atoms with van der Waals surface area (Å²) in [6, 6.07) is 15.6. The Morgan fingerprint density at radius 2 is 1.69 bits per heavy atom. The van der Waals surface area contributed by atoms with Crippen molar-refractivity contribution in [1.82, 2.24) is 4.90 Å². The highest BCUT2D eigenvalue weighted by atomic mass is 32.2. The van der Waals surface area contributed by atoms with Crippen LogP contribution in [0, 0.1) is 6.92 Å². The number of nitrogens with zero attached hydrogens (tertiary/aromatic N) is 2. The largest absolute Gasteiger partial charge is 0.495 e. The maximum absolute atomic E-state index is 12.5. The van der Waals surface area contributed by atoms with Crippen LogP contribution in [0.1, 0.15) is 5.56 Å². The van der Waals surface area contributed by atoms with Gasteiger partial charge in [0.05, 0.1) is 24.3 Å². The zero-order valence-electron chi connectivity index (χ0n) is 16.9. The number of thioether (sulfide) groups is 1. The third-order valence-electron chi connectivity index (χ3n) is 4.85. The topological polar surface area (TPSA) is 61.9 Å². The number of hydrogen-bond acceptors (Lipinski definition) is 5. The van der Waals surface area contributed by atoms with E-state index < -0.39 is 0 Å². The number of piperazine rings is 1. The summed E-state index contributed by atoms with van der Waals surface area (Å²) in [6.45, 7) is 4.89. The number of ether oxygens (including phenoxy) is 1. The summed E-state index contributed by atoms with van der Waals surface area (Å²) in [5, 5.41) is 2.85. The molecule has 3 rings (SSSR count). The van der Waals surface area contributed by atoms with Crippen molar-refractivity contribution in [2.45, 2.75) is 6.92 Å². The van der Waals surface area contributed by atoms with E-state index in [4.69, 9.17) is 4.74 Å². The molecular formula is C22H27N3O3S. The molecule has 0 atom stereocenters. The number of para-hydroxylation sites is 2. The second-order valence-electron chi connectivity index (χ2n) is 6.95. The maximum Gasteiger partial charge on any atom is 0.234 e. The van der Waals surface area contributed by atoms with Gasteiger partial charge in [-0.25, -0.2) is 0 Å². The van der Waals surface area contributed by atoms with Crippen LogP contribution in [0.4, 0.5) is 11.4 Å². The summed E-state index contributed by atoms with van der Waals surface area (Å²) in [6.07, 6.45) is 0. The van der Waals surface area contributed by atoms with Gasteiger partial charge in [-0.1, -0.05) is 29.8 Å². The first-order chi connectivity index (χ1) is 14.1. The van der Waals surface area contributed by atoms with Crippen LogP contribution in [0.3, 0.4) is 0 Å². The molecule has 1 aliphatic rings. The quantitative estimate of drug-likeness (QED) is 0.756. The van der Waals surface area contributed by atoms with E-state index >= 15 is 0 Å². The van der Waals surface area contributed by atoms with Gasteiger partial charge in [-0.3, -0.25) is 9.59 Å². The minimum absolute atomic E-state index is 0.0813. The molecule has 0 aromatic heterocycles. The Morgan fingerprint density at radius 3 is 2.38 bits per heavy atom. The molecule has 0 spiro atoms. The van der Waals surface area contributed by atoms with Crippen LogP contribution in [0.25, 0.3) is 0 Å². The van der Waals surface area contributed by atoms with E-state index in [0.717, 1.165) is 35.8 Å². The number of nitrogens with one attached hydrogen (secondary N) is 1. The van der Waals surface area contributed by atoms with Crippen molar-refractivity contribution in [2.24, 2.45) is 0 Å². The minimum atomic E-state index is -0.0901. The predicted molar refractivity (Wildman–Crippen MR) is 119 cm³/mol. The lowest BCUT2D eigenvalue weighted by atomic mass is 10.2. The first-order valence-electron chi connectivity index (χ1n) is 9.67. The summed E-state index contributed by atoms with van der Waals surface area (Å²) < 4.78 is 5.43. The first-order valence-corrected chi connectivity index (χ1v) is 10.8. The molecule has 6 nitrogen and oxygen atoms in total. The molecule has 2 aromatic rings. The third-order valence-corrected chi connectivity index (χ3v) is 5.77. The monoisotopic (exact) mass is 413 g/mol. The van der Waals surface area contributed by atoms with Gasteiger partial charge in [0.2, 0.25) is 11.8 Å². The van der Waals surface area contributed by atoms with Gasteiger partial charge in [-0.05, 0) is 31.2 Å². The minimum Gasteiger partial charge on any atom is -0.495 e. The summed E-state index contributed by atoms with van der Waals surface area (Å²) in [7, 11) is 1.67. The van der Waals surface area contributed by atoms with E-state index in [2.05, 4.69) is 10.2 Å². The SMILES string of the molecule is COc1ccccc1N1CCN(C(=O)CSCC(=O)Nc2ccc(C)cc2)CC1. The lowest BCUT2D eigenvalue weighted by Gasteiger charge is -2.36. The van der Waals surface area contributed by atoms with Crippen molar-refractivity contribution < 1.29 is 14.3 Å². The Kier molecular flexibility index (Phi) is 7.41. The van der Waals surface area contributed by atoms with Crippen molar-refractivity contribution in [3.8, 4) is 5.75 Å². The van der Waals surface area contributed by atoms with Crippen molar-refractivity contribution in [3.05, 3.63) is 54.1 Å². The van der Waals surface area contributed by atoms with E-state index in [1.54, 1.807) is 7.11 Å². The van der Waals surface area contributed by atoms with Gasteiger partial charge in [0.15, 0.2) is 0 Å². The normalized spacial score (nSPS) is 13.9. The fourth-order valence-corrected chi connectivity index (χ4v) is 3.96. The lowest BCUT2D eigenvalue weighted by molar-refractivity contribution is -0.128.